The Bertz CT molecular complexity index is 645. The molecule has 2 heterocycles. The molecule has 0 atom stereocenters. The molecule has 0 aliphatic carbocycles. The second kappa shape index (κ2) is 8.72. The van der Waals surface area contributed by atoms with Gasteiger partial charge in [-0.2, -0.15) is 0 Å². The lowest BCUT2D eigenvalue weighted by Crippen LogP contribution is -2.43. The van der Waals surface area contributed by atoms with E-state index in [-0.39, 0.29) is 11.9 Å². The molecule has 0 bridgehead atoms. The molecule has 5 heteroatoms. The highest BCUT2D eigenvalue weighted by atomic mass is 16.5. The lowest BCUT2D eigenvalue weighted by Gasteiger charge is -2.34. The van der Waals surface area contributed by atoms with Gasteiger partial charge < -0.3 is 18.8 Å². The Morgan fingerprint density at radius 2 is 1.96 bits per heavy atom. The topological polar surface area (TPSA) is 51.9 Å². The van der Waals surface area contributed by atoms with Gasteiger partial charge in [-0.25, -0.2) is 0 Å². The van der Waals surface area contributed by atoms with Crippen molar-refractivity contribution >= 4 is 5.91 Å². The molecule has 1 fully saturated rings. The highest BCUT2D eigenvalue weighted by molar-refractivity contribution is 5.76. The SMILES string of the molecule is COc1ccc(CCC(=O)N(Cc2ccco2)C2CCOCC2)cc1. The first kappa shape index (κ1) is 17.5. The van der Waals surface area contributed by atoms with E-state index < -0.39 is 0 Å². The number of methoxy groups -OCH3 is 1. The molecule has 0 N–H and O–H groups in total. The normalized spacial score (nSPS) is 15.1. The van der Waals surface area contributed by atoms with E-state index in [9.17, 15) is 4.79 Å². The first-order valence-corrected chi connectivity index (χ1v) is 8.79. The molecule has 1 aromatic heterocycles. The van der Waals surface area contributed by atoms with Crippen LogP contribution in [0.3, 0.4) is 0 Å². The lowest BCUT2D eigenvalue weighted by molar-refractivity contribution is -0.136. The third-order valence-electron chi connectivity index (χ3n) is 4.64. The van der Waals surface area contributed by atoms with E-state index in [1.807, 2.05) is 41.3 Å². The zero-order valence-electron chi connectivity index (χ0n) is 14.6. The van der Waals surface area contributed by atoms with Gasteiger partial charge in [-0.1, -0.05) is 12.1 Å². The number of carbonyl (C=O) groups excluding carboxylic acids is 1. The van der Waals surface area contributed by atoms with E-state index >= 15 is 0 Å². The van der Waals surface area contributed by atoms with Gasteiger partial charge in [0.1, 0.15) is 11.5 Å². The van der Waals surface area contributed by atoms with Crippen molar-refractivity contribution in [2.45, 2.75) is 38.3 Å². The zero-order valence-corrected chi connectivity index (χ0v) is 14.6. The summed E-state index contributed by atoms with van der Waals surface area (Å²) in [4.78, 5) is 14.8. The van der Waals surface area contributed by atoms with E-state index in [0.29, 0.717) is 26.2 Å². The first-order valence-electron chi connectivity index (χ1n) is 8.79. The Kier molecular flexibility index (Phi) is 6.12. The summed E-state index contributed by atoms with van der Waals surface area (Å²) in [5, 5.41) is 0. The van der Waals surface area contributed by atoms with Crippen LogP contribution in [-0.2, 0) is 22.5 Å². The maximum Gasteiger partial charge on any atom is 0.223 e. The van der Waals surface area contributed by atoms with Crippen LogP contribution in [0.1, 0.15) is 30.6 Å². The largest absolute Gasteiger partial charge is 0.497 e. The molecule has 1 aromatic carbocycles. The predicted molar refractivity (Wildman–Crippen MR) is 94.4 cm³/mol. The van der Waals surface area contributed by atoms with Crippen LogP contribution < -0.4 is 4.74 Å². The number of benzene rings is 1. The molecule has 134 valence electrons. The van der Waals surface area contributed by atoms with Crippen LogP contribution in [0.4, 0.5) is 0 Å². The summed E-state index contributed by atoms with van der Waals surface area (Å²) in [6, 6.07) is 11.9. The summed E-state index contributed by atoms with van der Waals surface area (Å²) in [5.41, 5.74) is 1.14. The van der Waals surface area contributed by atoms with Crippen molar-refractivity contribution in [3.05, 3.63) is 54.0 Å². The molecule has 5 nitrogen and oxygen atoms in total. The minimum absolute atomic E-state index is 0.166. The number of carbonyl (C=O) groups is 1. The number of aryl methyl sites for hydroxylation is 1. The van der Waals surface area contributed by atoms with Crippen LogP contribution in [0.5, 0.6) is 5.75 Å². The standard InChI is InChI=1S/C20H25NO4/c1-23-18-7-4-16(5-8-18)6-9-20(22)21(15-19-3-2-12-25-19)17-10-13-24-14-11-17/h2-5,7-8,12,17H,6,9-11,13-15H2,1H3. The molecule has 25 heavy (non-hydrogen) atoms. The third kappa shape index (κ3) is 4.86. The second-order valence-electron chi connectivity index (χ2n) is 6.29. The predicted octanol–water partition coefficient (Wildman–Crippen LogP) is 3.43. The molecule has 0 radical (unpaired) electrons. The quantitative estimate of drug-likeness (QED) is 0.773. The fraction of sp³-hybridized carbons (Fsp3) is 0.450. The van der Waals surface area contributed by atoms with E-state index in [1.54, 1.807) is 13.4 Å². The van der Waals surface area contributed by atoms with Crippen LogP contribution in [-0.4, -0.2) is 37.2 Å². The maximum atomic E-state index is 12.9. The van der Waals surface area contributed by atoms with E-state index in [2.05, 4.69) is 0 Å². The first-order chi connectivity index (χ1) is 12.3. The smallest absolute Gasteiger partial charge is 0.223 e. The molecule has 2 aromatic rings. The Labute approximate surface area is 148 Å². The van der Waals surface area contributed by atoms with Gasteiger partial charge >= 0.3 is 0 Å². The summed E-state index contributed by atoms with van der Waals surface area (Å²) in [6.45, 7) is 1.95. The van der Waals surface area contributed by atoms with Crippen molar-refractivity contribution in [2.24, 2.45) is 0 Å². The molecule has 1 saturated heterocycles. The molecule has 3 rings (SSSR count). The number of nitrogens with zero attached hydrogens (tertiary/aromatic N) is 1. The zero-order chi connectivity index (χ0) is 17.5. The van der Waals surface area contributed by atoms with Crippen LogP contribution in [0, 0.1) is 0 Å². The van der Waals surface area contributed by atoms with Gasteiger partial charge in [0.15, 0.2) is 0 Å². The maximum absolute atomic E-state index is 12.9. The number of hydrogen-bond donors (Lipinski definition) is 0. The molecule has 1 aliphatic heterocycles. The number of rotatable bonds is 7. The van der Waals surface area contributed by atoms with E-state index in [0.717, 1.165) is 36.3 Å². The molecule has 1 amide bonds. The van der Waals surface area contributed by atoms with Crippen molar-refractivity contribution in [1.82, 2.24) is 4.90 Å². The van der Waals surface area contributed by atoms with Gasteiger partial charge in [-0.3, -0.25) is 4.79 Å². The molecular formula is C20H25NO4. The Hall–Kier alpha value is -2.27. The molecular weight excluding hydrogens is 318 g/mol. The van der Waals surface area contributed by atoms with Crippen molar-refractivity contribution in [1.29, 1.82) is 0 Å². The van der Waals surface area contributed by atoms with Crippen molar-refractivity contribution in [3.63, 3.8) is 0 Å². The van der Waals surface area contributed by atoms with Gasteiger partial charge in [-0.05, 0) is 49.1 Å². The van der Waals surface area contributed by atoms with Crippen molar-refractivity contribution in [2.75, 3.05) is 20.3 Å². The van der Waals surface area contributed by atoms with Gasteiger partial charge in [0, 0.05) is 25.7 Å². The van der Waals surface area contributed by atoms with Crippen LogP contribution in [0.25, 0.3) is 0 Å². The highest BCUT2D eigenvalue weighted by Gasteiger charge is 2.26. The minimum Gasteiger partial charge on any atom is -0.497 e. The molecule has 0 unspecified atom stereocenters. The van der Waals surface area contributed by atoms with E-state index in [4.69, 9.17) is 13.9 Å². The highest BCUT2D eigenvalue weighted by Crippen LogP contribution is 2.20. The van der Waals surface area contributed by atoms with Crippen molar-refractivity contribution in [3.8, 4) is 5.75 Å². The summed E-state index contributed by atoms with van der Waals surface area (Å²) >= 11 is 0. The van der Waals surface area contributed by atoms with E-state index in [1.165, 1.54) is 0 Å². The number of ether oxygens (including phenoxy) is 2. The van der Waals surface area contributed by atoms with Crippen LogP contribution in [0.2, 0.25) is 0 Å². The summed E-state index contributed by atoms with van der Waals surface area (Å²) in [7, 11) is 1.65. The lowest BCUT2D eigenvalue weighted by atomic mass is 10.0. The summed E-state index contributed by atoms with van der Waals surface area (Å²) in [5.74, 6) is 1.82. The number of hydrogen-bond acceptors (Lipinski definition) is 4. The summed E-state index contributed by atoms with van der Waals surface area (Å²) < 4.78 is 16.1. The average molecular weight is 343 g/mol. The summed E-state index contributed by atoms with van der Waals surface area (Å²) in [6.07, 6.45) is 4.63. The number of furan rings is 1. The van der Waals surface area contributed by atoms with Crippen molar-refractivity contribution < 1.29 is 18.7 Å². The Morgan fingerprint density at radius 1 is 1.20 bits per heavy atom. The number of amides is 1. The Balaban J connectivity index is 1.62. The average Bonchev–Trinajstić information content (AvgIpc) is 3.18. The minimum atomic E-state index is 0.166. The van der Waals surface area contributed by atoms with Crippen LogP contribution in [0.15, 0.2) is 47.1 Å². The fourth-order valence-electron chi connectivity index (χ4n) is 3.18. The fourth-order valence-corrected chi connectivity index (χ4v) is 3.18. The second-order valence-corrected chi connectivity index (χ2v) is 6.29. The van der Waals surface area contributed by atoms with Crippen LogP contribution >= 0.6 is 0 Å². The Morgan fingerprint density at radius 3 is 2.60 bits per heavy atom. The van der Waals surface area contributed by atoms with Gasteiger partial charge in [-0.15, -0.1) is 0 Å². The van der Waals surface area contributed by atoms with Gasteiger partial charge in [0.2, 0.25) is 5.91 Å². The third-order valence-corrected chi connectivity index (χ3v) is 4.64. The molecule has 1 aliphatic rings. The molecule has 0 spiro atoms. The van der Waals surface area contributed by atoms with Gasteiger partial charge in [0.05, 0.1) is 19.9 Å². The molecule has 0 saturated carbocycles. The van der Waals surface area contributed by atoms with Gasteiger partial charge in [0.25, 0.3) is 0 Å². The monoisotopic (exact) mass is 343 g/mol.